The Morgan fingerprint density at radius 2 is 2.24 bits per heavy atom. The van der Waals surface area contributed by atoms with E-state index in [1.165, 1.54) is 0 Å². The molecule has 6 nitrogen and oxygen atoms in total. The van der Waals surface area contributed by atoms with Gasteiger partial charge in [0.25, 0.3) is 5.91 Å². The Labute approximate surface area is 100 Å². The molecule has 17 heavy (non-hydrogen) atoms. The van der Waals surface area contributed by atoms with Crippen molar-refractivity contribution in [1.29, 1.82) is 0 Å². The molecule has 0 spiro atoms. The molecule has 1 aromatic rings. The van der Waals surface area contributed by atoms with Crippen LogP contribution in [0.15, 0.2) is 12.1 Å². The number of nitrogens with two attached hydrogens (primary N) is 1. The Hall–Kier alpha value is -1.69. The van der Waals surface area contributed by atoms with Crippen LogP contribution < -0.4 is 16.0 Å². The highest BCUT2D eigenvalue weighted by atomic mass is 16.1. The van der Waals surface area contributed by atoms with Gasteiger partial charge in [-0.05, 0) is 26.0 Å². The minimum atomic E-state index is -0.551. The molecule has 0 atom stereocenters. The first-order chi connectivity index (χ1) is 7.98. The van der Waals surface area contributed by atoms with Gasteiger partial charge >= 0.3 is 0 Å². The van der Waals surface area contributed by atoms with E-state index in [0.717, 1.165) is 25.5 Å². The number of hydrogen-bond donors (Lipinski definition) is 2. The van der Waals surface area contributed by atoms with Gasteiger partial charge in [0.1, 0.15) is 0 Å². The highest BCUT2D eigenvalue weighted by Gasteiger charge is 2.26. The molecule has 1 aromatic heterocycles. The number of carbonyl (C=O) groups is 1. The van der Waals surface area contributed by atoms with Crippen LogP contribution in [0, 0.1) is 0 Å². The first-order valence-corrected chi connectivity index (χ1v) is 5.61. The number of primary amides is 1. The van der Waals surface area contributed by atoms with Crippen molar-refractivity contribution in [2.45, 2.75) is 19.4 Å². The predicted octanol–water partition coefficient (Wildman–Crippen LogP) is -0.236. The van der Waals surface area contributed by atoms with Gasteiger partial charge in [-0.1, -0.05) is 0 Å². The molecular formula is C11H17N5O. The van der Waals surface area contributed by atoms with Gasteiger partial charge in [0.15, 0.2) is 11.5 Å². The maximum atomic E-state index is 10.9. The van der Waals surface area contributed by atoms with E-state index in [-0.39, 0.29) is 11.2 Å². The normalized spacial score (nSPS) is 19.1. The third-order valence-corrected chi connectivity index (χ3v) is 2.80. The summed E-state index contributed by atoms with van der Waals surface area (Å²) in [6.45, 7) is 6.94. The lowest BCUT2D eigenvalue weighted by atomic mass is 10.0. The van der Waals surface area contributed by atoms with Crippen LogP contribution in [-0.2, 0) is 0 Å². The summed E-state index contributed by atoms with van der Waals surface area (Å²) in [5.41, 5.74) is 5.38. The van der Waals surface area contributed by atoms with E-state index >= 15 is 0 Å². The second-order valence-electron chi connectivity index (χ2n) is 4.87. The highest BCUT2D eigenvalue weighted by Crippen LogP contribution is 2.16. The number of aromatic nitrogens is 2. The van der Waals surface area contributed by atoms with Crippen LogP contribution >= 0.6 is 0 Å². The summed E-state index contributed by atoms with van der Waals surface area (Å²) in [4.78, 5) is 13.0. The van der Waals surface area contributed by atoms with Crippen molar-refractivity contribution in [2.24, 2.45) is 5.73 Å². The van der Waals surface area contributed by atoms with Gasteiger partial charge in [-0.2, -0.15) is 0 Å². The van der Waals surface area contributed by atoms with Crippen molar-refractivity contribution in [3.63, 3.8) is 0 Å². The second-order valence-corrected chi connectivity index (χ2v) is 4.87. The summed E-state index contributed by atoms with van der Waals surface area (Å²) in [6, 6.07) is 3.40. The lowest BCUT2D eigenvalue weighted by molar-refractivity contribution is 0.0994. The molecule has 1 fully saturated rings. The number of anilines is 1. The van der Waals surface area contributed by atoms with Crippen molar-refractivity contribution in [2.75, 3.05) is 24.5 Å². The molecular weight excluding hydrogens is 218 g/mol. The Balaban J connectivity index is 2.14. The number of nitrogens with zero attached hydrogens (tertiary/aromatic N) is 3. The molecule has 1 amide bonds. The van der Waals surface area contributed by atoms with Gasteiger partial charge in [-0.25, -0.2) is 0 Å². The van der Waals surface area contributed by atoms with E-state index in [4.69, 9.17) is 5.73 Å². The summed E-state index contributed by atoms with van der Waals surface area (Å²) >= 11 is 0. The summed E-state index contributed by atoms with van der Waals surface area (Å²) in [5, 5.41) is 11.3. The van der Waals surface area contributed by atoms with Gasteiger partial charge < -0.3 is 16.0 Å². The van der Waals surface area contributed by atoms with Crippen molar-refractivity contribution in [3.8, 4) is 0 Å². The Bertz CT molecular complexity index is 414. The summed E-state index contributed by atoms with van der Waals surface area (Å²) in [6.07, 6.45) is 0. The molecule has 92 valence electrons. The molecule has 1 aliphatic heterocycles. The predicted molar refractivity (Wildman–Crippen MR) is 64.8 cm³/mol. The quantitative estimate of drug-likeness (QED) is 0.739. The zero-order valence-electron chi connectivity index (χ0n) is 10.1. The zero-order chi connectivity index (χ0) is 12.5. The first kappa shape index (κ1) is 11.8. The summed E-state index contributed by atoms with van der Waals surface area (Å²) in [5.74, 6) is 0.231. The lowest BCUT2D eigenvalue weighted by Crippen LogP contribution is -2.57. The van der Waals surface area contributed by atoms with E-state index in [1.807, 2.05) is 0 Å². The molecule has 6 heteroatoms. The third-order valence-electron chi connectivity index (χ3n) is 2.80. The highest BCUT2D eigenvalue weighted by molar-refractivity contribution is 5.90. The van der Waals surface area contributed by atoms with Crippen LogP contribution in [-0.4, -0.2) is 41.3 Å². The summed E-state index contributed by atoms with van der Waals surface area (Å²) < 4.78 is 0. The van der Waals surface area contributed by atoms with E-state index in [1.54, 1.807) is 12.1 Å². The monoisotopic (exact) mass is 235 g/mol. The molecule has 0 bridgehead atoms. The number of nitrogens with one attached hydrogen (secondary N) is 1. The van der Waals surface area contributed by atoms with Crippen LogP contribution in [0.25, 0.3) is 0 Å². The molecule has 2 heterocycles. The smallest absolute Gasteiger partial charge is 0.269 e. The van der Waals surface area contributed by atoms with E-state index in [9.17, 15) is 4.79 Å². The fraction of sp³-hybridized carbons (Fsp3) is 0.545. The SMILES string of the molecule is CC1(C)CN(c2ccc(C(N)=O)nn2)CCN1. The minimum absolute atomic E-state index is 0.0578. The number of carbonyl (C=O) groups excluding carboxylic acids is 1. The topological polar surface area (TPSA) is 84.1 Å². The molecule has 1 aliphatic rings. The van der Waals surface area contributed by atoms with Gasteiger partial charge in [0.2, 0.25) is 0 Å². The molecule has 1 saturated heterocycles. The fourth-order valence-electron chi connectivity index (χ4n) is 1.96. The standard InChI is InChI=1S/C11H17N5O/c1-11(2)7-16(6-5-13-11)9-4-3-8(10(12)17)14-15-9/h3-4,13H,5-7H2,1-2H3,(H2,12,17). The van der Waals surface area contributed by atoms with Crippen LogP contribution in [0.1, 0.15) is 24.3 Å². The minimum Gasteiger partial charge on any atom is -0.364 e. The lowest BCUT2D eigenvalue weighted by Gasteiger charge is -2.39. The van der Waals surface area contributed by atoms with Gasteiger partial charge in [0, 0.05) is 25.2 Å². The molecule has 0 unspecified atom stereocenters. The molecule has 0 saturated carbocycles. The molecule has 0 aliphatic carbocycles. The van der Waals surface area contributed by atoms with E-state index < -0.39 is 5.91 Å². The van der Waals surface area contributed by atoms with Gasteiger partial charge in [-0.15, -0.1) is 10.2 Å². The van der Waals surface area contributed by atoms with Crippen molar-refractivity contribution >= 4 is 11.7 Å². The van der Waals surface area contributed by atoms with Crippen LogP contribution in [0.4, 0.5) is 5.82 Å². The number of hydrogen-bond acceptors (Lipinski definition) is 5. The van der Waals surface area contributed by atoms with Gasteiger partial charge in [-0.3, -0.25) is 4.79 Å². The second kappa shape index (κ2) is 4.29. The largest absolute Gasteiger partial charge is 0.364 e. The molecule has 3 N–H and O–H groups in total. The maximum Gasteiger partial charge on any atom is 0.269 e. The first-order valence-electron chi connectivity index (χ1n) is 5.61. The molecule has 0 aromatic carbocycles. The third kappa shape index (κ3) is 2.71. The van der Waals surface area contributed by atoms with Crippen molar-refractivity contribution < 1.29 is 4.79 Å². The summed E-state index contributed by atoms with van der Waals surface area (Å²) in [7, 11) is 0. The van der Waals surface area contributed by atoms with Crippen LogP contribution in [0.2, 0.25) is 0 Å². The molecule has 0 radical (unpaired) electrons. The average molecular weight is 235 g/mol. The number of amides is 1. The van der Waals surface area contributed by atoms with Crippen LogP contribution in [0.3, 0.4) is 0 Å². The zero-order valence-corrected chi connectivity index (χ0v) is 10.1. The van der Waals surface area contributed by atoms with E-state index in [2.05, 4.69) is 34.3 Å². The Kier molecular flexibility index (Phi) is 2.97. The molecule has 2 rings (SSSR count). The van der Waals surface area contributed by atoms with E-state index in [0.29, 0.717) is 0 Å². The average Bonchev–Trinajstić information content (AvgIpc) is 2.28. The van der Waals surface area contributed by atoms with Gasteiger partial charge in [0.05, 0.1) is 0 Å². The van der Waals surface area contributed by atoms with Crippen LogP contribution in [0.5, 0.6) is 0 Å². The maximum absolute atomic E-state index is 10.9. The van der Waals surface area contributed by atoms with Crippen molar-refractivity contribution in [3.05, 3.63) is 17.8 Å². The number of rotatable bonds is 2. The Morgan fingerprint density at radius 1 is 1.47 bits per heavy atom. The Morgan fingerprint density at radius 3 is 2.76 bits per heavy atom. The van der Waals surface area contributed by atoms with Crippen molar-refractivity contribution in [1.82, 2.24) is 15.5 Å². The fourth-order valence-corrected chi connectivity index (χ4v) is 1.96. The number of piperazine rings is 1.